The molecule has 1 heterocycles. The van der Waals surface area contributed by atoms with Crippen LogP contribution in [0, 0.1) is 5.92 Å². The summed E-state index contributed by atoms with van der Waals surface area (Å²) < 4.78 is 0. The molecule has 1 amide bonds. The van der Waals surface area contributed by atoms with Gasteiger partial charge < -0.3 is 4.90 Å². The van der Waals surface area contributed by atoms with Gasteiger partial charge in [0.1, 0.15) is 0 Å². The van der Waals surface area contributed by atoms with Gasteiger partial charge >= 0.3 is 0 Å². The van der Waals surface area contributed by atoms with Crippen LogP contribution in [0.3, 0.4) is 0 Å². The molecule has 106 valence electrons. The first-order chi connectivity index (χ1) is 9.52. The van der Waals surface area contributed by atoms with Gasteiger partial charge in [0, 0.05) is 24.4 Å². The highest BCUT2D eigenvalue weighted by Gasteiger charge is 2.32. The summed E-state index contributed by atoms with van der Waals surface area (Å²) in [5.74, 6) is 0.158. The Hall–Kier alpha value is -1.42. The maximum atomic E-state index is 12.0. The lowest BCUT2D eigenvalue weighted by molar-refractivity contribution is -0.129. The van der Waals surface area contributed by atoms with E-state index in [1.165, 1.54) is 0 Å². The molecule has 1 aromatic carbocycles. The third kappa shape index (κ3) is 3.18. The Bertz CT molecular complexity index is 571. The van der Waals surface area contributed by atoms with Crippen LogP contribution in [0.1, 0.15) is 24.9 Å². The standard InChI is InChI=1S/C13H14Cl2N4O/c1-8(10-2-3-11(14)12(15)5-10)19-7-9(4-13(19)20)6-17-18-16/h2-3,5,8-9H,4,6-7H2,1H3. The number of hydrogen-bond acceptors (Lipinski definition) is 2. The summed E-state index contributed by atoms with van der Waals surface area (Å²) in [6.07, 6.45) is 0.421. The van der Waals surface area contributed by atoms with Crippen LogP contribution in [0.2, 0.25) is 10.0 Å². The van der Waals surface area contributed by atoms with Gasteiger partial charge in [0.15, 0.2) is 0 Å². The summed E-state index contributed by atoms with van der Waals surface area (Å²) in [5.41, 5.74) is 9.28. The minimum atomic E-state index is -0.0756. The molecule has 0 saturated carbocycles. The number of hydrogen-bond donors (Lipinski definition) is 0. The summed E-state index contributed by atoms with van der Waals surface area (Å²) >= 11 is 11.9. The Kier molecular flexibility index (Phi) is 4.76. The zero-order chi connectivity index (χ0) is 14.7. The molecule has 0 bridgehead atoms. The molecule has 1 fully saturated rings. The molecule has 0 radical (unpaired) electrons. The van der Waals surface area contributed by atoms with E-state index in [9.17, 15) is 4.79 Å². The molecule has 20 heavy (non-hydrogen) atoms. The first-order valence-corrected chi connectivity index (χ1v) is 7.03. The molecule has 1 aromatic rings. The number of carbonyl (C=O) groups is 1. The van der Waals surface area contributed by atoms with Gasteiger partial charge in [-0.05, 0) is 36.1 Å². The SMILES string of the molecule is CC(c1ccc(Cl)c(Cl)c1)N1CC(CN=[N+]=[N-])CC1=O. The van der Waals surface area contributed by atoms with Crippen molar-refractivity contribution >= 4 is 29.1 Å². The van der Waals surface area contributed by atoms with Crippen LogP contribution in [0.4, 0.5) is 0 Å². The van der Waals surface area contributed by atoms with Crippen molar-refractivity contribution in [2.45, 2.75) is 19.4 Å². The van der Waals surface area contributed by atoms with E-state index in [0.717, 1.165) is 5.56 Å². The van der Waals surface area contributed by atoms with E-state index >= 15 is 0 Å². The van der Waals surface area contributed by atoms with Gasteiger partial charge in [0.05, 0.1) is 16.1 Å². The summed E-state index contributed by atoms with van der Waals surface area (Å²) in [6.45, 7) is 2.90. The average Bonchev–Trinajstić information content (AvgIpc) is 2.80. The van der Waals surface area contributed by atoms with Gasteiger partial charge in [-0.1, -0.05) is 34.4 Å². The molecule has 2 rings (SSSR count). The number of rotatable bonds is 4. The van der Waals surface area contributed by atoms with Gasteiger partial charge in [-0.25, -0.2) is 0 Å². The predicted molar refractivity (Wildman–Crippen MR) is 78.7 cm³/mol. The predicted octanol–water partition coefficient (Wildman–Crippen LogP) is 4.21. The Morgan fingerprint density at radius 1 is 1.50 bits per heavy atom. The monoisotopic (exact) mass is 312 g/mol. The van der Waals surface area contributed by atoms with Crippen molar-refractivity contribution < 1.29 is 4.79 Å². The number of carbonyl (C=O) groups excluding carboxylic acids is 1. The highest BCUT2D eigenvalue weighted by atomic mass is 35.5. The van der Waals surface area contributed by atoms with Crippen molar-refractivity contribution in [3.05, 3.63) is 44.3 Å². The number of amides is 1. The largest absolute Gasteiger partial charge is 0.336 e. The Balaban J connectivity index is 2.12. The van der Waals surface area contributed by atoms with Gasteiger partial charge in [0.2, 0.25) is 5.91 Å². The maximum absolute atomic E-state index is 12.0. The second kappa shape index (κ2) is 6.35. The highest BCUT2D eigenvalue weighted by molar-refractivity contribution is 6.42. The average molecular weight is 313 g/mol. The molecule has 0 aromatic heterocycles. The smallest absolute Gasteiger partial charge is 0.223 e. The lowest BCUT2D eigenvalue weighted by atomic mass is 10.1. The van der Waals surface area contributed by atoms with Crippen molar-refractivity contribution in [2.24, 2.45) is 11.0 Å². The number of benzene rings is 1. The van der Waals surface area contributed by atoms with Crippen molar-refractivity contribution in [2.75, 3.05) is 13.1 Å². The quantitative estimate of drug-likeness (QED) is 0.466. The second-order valence-electron chi connectivity index (χ2n) is 4.88. The van der Waals surface area contributed by atoms with E-state index < -0.39 is 0 Å². The van der Waals surface area contributed by atoms with Crippen LogP contribution >= 0.6 is 23.2 Å². The minimum Gasteiger partial charge on any atom is -0.336 e. The molecule has 2 atom stereocenters. The Morgan fingerprint density at radius 3 is 2.90 bits per heavy atom. The topological polar surface area (TPSA) is 69.1 Å². The molecular formula is C13H14Cl2N4O. The van der Waals surface area contributed by atoms with Crippen LogP contribution in [-0.2, 0) is 4.79 Å². The molecule has 7 heteroatoms. The van der Waals surface area contributed by atoms with Crippen LogP contribution < -0.4 is 0 Å². The zero-order valence-electron chi connectivity index (χ0n) is 11.0. The molecule has 0 aliphatic carbocycles. The van der Waals surface area contributed by atoms with E-state index in [1.54, 1.807) is 17.0 Å². The van der Waals surface area contributed by atoms with Crippen LogP contribution in [-0.4, -0.2) is 23.9 Å². The lowest BCUT2D eigenvalue weighted by Crippen LogP contribution is -2.28. The van der Waals surface area contributed by atoms with E-state index in [-0.39, 0.29) is 17.9 Å². The lowest BCUT2D eigenvalue weighted by Gasteiger charge is -2.25. The molecule has 2 unspecified atom stereocenters. The van der Waals surface area contributed by atoms with E-state index in [1.807, 2.05) is 13.0 Å². The molecule has 0 N–H and O–H groups in total. The first-order valence-electron chi connectivity index (χ1n) is 6.28. The number of nitrogens with zero attached hydrogens (tertiary/aromatic N) is 4. The fourth-order valence-electron chi connectivity index (χ4n) is 2.41. The van der Waals surface area contributed by atoms with Crippen LogP contribution in [0.25, 0.3) is 10.4 Å². The minimum absolute atomic E-state index is 0.0710. The zero-order valence-corrected chi connectivity index (χ0v) is 12.5. The molecular weight excluding hydrogens is 299 g/mol. The Morgan fingerprint density at radius 2 is 2.25 bits per heavy atom. The number of likely N-dealkylation sites (tertiary alicyclic amines) is 1. The van der Waals surface area contributed by atoms with Gasteiger partial charge in [0.25, 0.3) is 0 Å². The molecule has 5 nitrogen and oxygen atoms in total. The van der Waals surface area contributed by atoms with Crippen molar-refractivity contribution in [1.82, 2.24) is 4.90 Å². The molecule has 1 saturated heterocycles. The maximum Gasteiger partial charge on any atom is 0.223 e. The molecule has 0 spiro atoms. The second-order valence-corrected chi connectivity index (χ2v) is 5.69. The van der Waals surface area contributed by atoms with E-state index in [4.69, 9.17) is 28.7 Å². The summed E-state index contributed by atoms with van der Waals surface area (Å²) in [7, 11) is 0. The fraction of sp³-hybridized carbons (Fsp3) is 0.462. The summed E-state index contributed by atoms with van der Waals surface area (Å²) in [4.78, 5) is 16.6. The number of azide groups is 1. The van der Waals surface area contributed by atoms with Gasteiger partial charge in [-0.15, -0.1) is 0 Å². The van der Waals surface area contributed by atoms with Gasteiger partial charge in [-0.2, -0.15) is 0 Å². The summed E-state index contributed by atoms with van der Waals surface area (Å²) in [5, 5.41) is 4.52. The van der Waals surface area contributed by atoms with E-state index in [2.05, 4.69) is 10.0 Å². The van der Waals surface area contributed by atoms with E-state index in [0.29, 0.717) is 29.6 Å². The van der Waals surface area contributed by atoms with Crippen molar-refractivity contribution in [1.29, 1.82) is 0 Å². The van der Waals surface area contributed by atoms with Crippen molar-refractivity contribution in [3.8, 4) is 0 Å². The third-order valence-electron chi connectivity index (χ3n) is 3.54. The third-order valence-corrected chi connectivity index (χ3v) is 4.27. The highest BCUT2D eigenvalue weighted by Crippen LogP contribution is 2.32. The fourth-order valence-corrected chi connectivity index (χ4v) is 2.72. The Labute approximate surface area is 127 Å². The van der Waals surface area contributed by atoms with Crippen LogP contribution in [0.15, 0.2) is 23.3 Å². The van der Waals surface area contributed by atoms with Gasteiger partial charge in [-0.3, -0.25) is 4.79 Å². The summed E-state index contributed by atoms with van der Waals surface area (Å²) in [6, 6.07) is 5.30. The molecule has 1 aliphatic rings. The van der Waals surface area contributed by atoms with Crippen LogP contribution in [0.5, 0.6) is 0 Å². The number of halogens is 2. The normalized spacial score (nSPS) is 19.9. The van der Waals surface area contributed by atoms with Crippen molar-refractivity contribution in [3.63, 3.8) is 0 Å². The first kappa shape index (κ1) is 15.0. The molecule has 1 aliphatic heterocycles.